The second-order valence-electron chi connectivity index (χ2n) is 5.45. The highest BCUT2D eigenvalue weighted by molar-refractivity contribution is 5.95. The van der Waals surface area contributed by atoms with Crippen LogP contribution in [0.25, 0.3) is 0 Å². The normalized spacial score (nSPS) is 19.0. The lowest BCUT2D eigenvalue weighted by Crippen LogP contribution is -2.33. The number of nitrogens with zero attached hydrogens (tertiary/aromatic N) is 2. The molecule has 5 heteroatoms. The monoisotopic (exact) mass is 262 g/mol. The number of pyridine rings is 1. The first-order valence-electron chi connectivity index (χ1n) is 6.82. The number of nitrogens with two attached hydrogens (primary N) is 1. The number of nitrogens with one attached hydrogen (secondary N) is 1. The maximum Gasteiger partial charge on any atom is 0.254 e. The van der Waals surface area contributed by atoms with Crippen LogP contribution in [0.2, 0.25) is 0 Å². The molecule has 0 aliphatic carbocycles. The van der Waals surface area contributed by atoms with Crippen molar-refractivity contribution >= 4 is 11.7 Å². The van der Waals surface area contributed by atoms with Gasteiger partial charge in [0.2, 0.25) is 0 Å². The lowest BCUT2D eigenvalue weighted by atomic mass is 10.1. The van der Waals surface area contributed by atoms with Gasteiger partial charge in [-0.15, -0.1) is 0 Å². The van der Waals surface area contributed by atoms with E-state index in [1.807, 2.05) is 11.0 Å². The predicted octanol–water partition coefficient (Wildman–Crippen LogP) is 2.12. The summed E-state index contributed by atoms with van der Waals surface area (Å²) in [6, 6.07) is 3.91. The molecule has 0 radical (unpaired) electrons. The molecule has 1 aromatic rings. The van der Waals surface area contributed by atoms with Crippen molar-refractivity contribution in [2.24, 2.45) is 5.84 Å². The topological polar surface area (TPSA) is 71.2 Å². The van der Waals surface area contributed by atoms with E-state index in [1.165, 1.54) is 0 Å². The molecule has 1 aliphatic heterocycles. The fourth-order valence-corrected chi connectivity index (χ4v) is 2.45. The zero-order valence-corrected chi connectivity index (χ0v) is 11.8. The lowest BCUT2D eigenvalue weighted by molar-refractivity contribution is 0.0747. The van der Waals surface area contributed by atoms with Gasteiger partial charge >= 0.3 is 0 Å². The number of hydrogen-bond acceptors (Lipinski definition) is 4. The van der Waals surface area contributed by atoms with Gasteiger partial charge in [0.1, 0.15) is 5.82 Å². The number of rotatable bonds is 3. The van der Waals surface area contributed by atoms with E-state index in [0.717, 1.165) is 25.1 Å². The van der Waals surface area contributed by atoms with Crippen LogP contribution in [0.4, 0.5) is 5.82 Å². The predicted molar refractivity (Wildman–Crippen MR) is 75.9 cm³/mol. The zero-order valence-electron chi connectivity index (χ0n) is 11.8. The number of aromatic nitrogens is 1. The third kappa shape index (κ3) is 2.87. The molecule has 0 saturated carbocycles. The Morgan fingerprint density at radius 2 is 2.26 bits per heavy atom. The Kier molecular flexibility index (Phi) is 4.04. The van der Waals surface area contributed by atoms with Gasteiger partial charge in [-0.05, 0) is 37.8 Å². The number of likely N-dealkylation sites (tertiary alicyclic amines) is 1. The summed E-state index contributed by atoms with van der Waals surface area (Å²) in [5, 5.41) is 0. The minimum atomic E-state index is 0.0748. The summed E-state index contributed by atoms with van der Waals surface area (Å²) >= 11 is 0. The lowest BCUT2D eigenvalue weighted by Gasteiger charge is -2.22. The van der Waals surface area contributed by atoms with Crippen molar-refractivity contribution in [2.75, 3.05) is 12.0 Å². The highest BCUT2D eigenvalue weighted by Gasteiger charge is 2.26. The maximum atomic E-state index is 12.5. The van der Waals surface area contributed by atoms with Gasteiger partial charge in [0.05, 0.1) is 0 Å². The van der Waals surface area contributed by atoms with Crippen LogP contribution in [-0.4, -0.2) is 28.4 Å². The molecule has 0 bridgehead atoms. The van der Waals surface area contributed by atoms with Crippen LogP contribution in [0.1, 0.15) is 55.6 Å². The number of hydrogen-bond donors (Lipinski definition) is 2. The van der Waals surface area contributed by atoms with Gasteiger partial charge in [-0.2, -0.15) is 0 Å². The molecule has 1 aliphatic rings. The summed E-state index contributed by atoms with van der Waals surface area (Å²) in [6.45, 7) is 7.03. The molecule has 3 N–H and O–H groups in total. The minimum absolute atomic E-state index is 0.0748. The molecule has 0 spiro atoms. The van der Waals surface area contributed by atoms with Gasteiger partial charge in [-0.3, -0.25) is 4.79 Å². The molecule has 1 unspecified atom stereocenters. The highest BCUT2D eigenvalue weighted by Crippen LogP contribution is 2.22. The summed E-state index contributed by atoms with van der Waals surface area (Å²) in [5.74, 6) is 6.31. The van der Waals surface area contributed by atoms with Crippen LogP contribution < -0.4 is 11.3 Å². The van der Waals surface area contributed by atoms with Crippen molar-refractivity contribution < 1.29 is 4.79 Å². The fraction of sp³-hybridized carbons (Fsp3) is 0.571. The molecule has 1 atom stereocenters. The number of amides is 1. The Hall–Kier alpha value is -1.62. The van der Waals surface area contributed by atoms with E-state index >= 15 is 0 Å². The Morgan fingerprint density at radius 1 is 1.53 bits per heavy atom. The smallest absolute Gasteiger partial charge is 0.254 e. The number of carbonyl (C=O) groups excluding carboxylic acids is 1. The second kappa shape index (κ2) is 5.57. The first-order valence-corrected chi connectivity index (χ1v) is 6.82. The zero-order chi connectivity index (χ0) is 14.0. The molecule has 1 saturated heterocycles. The van der Waals surface area contributed by atoms with E-state index in [1.54, 1.807) is 6.07 Å². The van der Waals surface area contributed by atoms with Crippen molar-refractivity contribution in [3.63, 3.8) is 0 Å². The van der Waals surface area contributed by atoms with Crippen molar-refractivity contribution in [3.05, 3.63) is 23.4 Å². The molecular formula is C14H22N4O. The Morgan fingerprint density at radius 3 is 2.79 bits per heavy atom. The largest absolute Gasteiger partial charge is 0.336 e. The maximum absolute atomic E-state index is 12.5. The molecule has 5 nitrogen and oxygen atoms in total. The van der Waals surface area contributed by atoms with Crippen molar-refractivity contribution in [2.45, 2.75) is 45.6 Å². The summed E-state index contributed by atoms with van der Waals surface area (Å²) in [5.41, 5.74) is 4.08. The number of hydrazine groups is 1. The Labute approximate surface area is 114 Å². The molecule has 19 heavy (non-hydrogen) atoms. The van der Waals surface area contributed by atoms with Crippen LogP contribution in [-0.2, 0) is 0 Å². The summed E-state index contributed by atoms with van der Waals surface area (Å²) in [4.78, 5) is 18.8. The van der Waals surface area contributed by atoms with Crippen LogP contribution in [0.5, 0.6) is 0 Å². The Bertz CT molecular complexity index is 473. The second-order valence-corrected chi connectivity index (χ2v) is 5.45. The fourth-order valence-electron chi connectivity index (χ4n) is 2.45. The first kappa shape index (κ1) is 13.8. The van der Waals surface area contributed by atoms with E-state index in [2.05, 4.69) is 31.2 Å². The minimum Gasteiger partial charge on any atom is -0.336 e. The van der Waals surface area contributed by atoms with Crippen LogP contribution in [0, 0.1) is 0 Å². The third-order valence-electron chi connectivity index (χ3n) is 3.65. The molecule has 1 amide bonds. The van der Waals surface area contributed by atoms with Gasteiger partial charge in [0.25, 0.3) is 5.91 Å². The van der Waals surface area contributed by atoms with Crippen LogP contribution in [0.3, 0.4) is 0 Å². The molecule has 2 rings (SSSR count). The van der Waals surface area contributed by atoms with Crippen LogP contribution in [0.15, 0.2) is 12.1 Å². The first-order chi connectivity index (χ1) is 9.02. The van der Waals surface area contributed by atoms with E-state index in [-0.39, 0.29) is 11.8 Å². The van der Waals surface area contributed by atoms with Gasteiger partial charge < -0.3 is 10.3 Å². The molecule has 1 fully saturated rings. The van der Waals surface area contributed by atoms with Gasteiger partial charge in [0.15, 0.2) is 0 Å². The van der Waals surface area contributed by atoms with E-state index in [9.17, 15) is 4.79 Å². The molecule has 0 aromatic carbocycles. The molecular weight excluding hydrogens is 240 g/mol. The van der Waals surface area contributed by atoms with Gasteiger partial charge in [-0.25, -0.2) is 10.8 Å². The van der Waals surface area contributed by atoms with Gasteiger partial charge in [0, 0.05) is 23.8 Å². The quantitative estimate of drug-likeness (QED) is 0.646. The standard InChI is InChI=1S/C14H22N4O/c1-9(2)12-7-11(8-13(16-12)17-15)14(19)18-6-4-5-10(18)3/h7-10H,4-6,15H2,1-3H3,(H,16,17). The highest BCUT2D eigenvalue weighted by atomic mass is 16.2. The summed E-state index contributed by atoms with van der Waals surface area (Å²) in [7, 11) is 0. The molecule has 104 valence electrons. The third-order valence-corrected chi connectivity index (χ3v) is 3.65. The van der Waals surface area contributed by atoms with E-state index in [0.29, 0.717) is 17.4 Å². The molecule has 1 aromatic heterocycles. The Balaban J connectivity index is 2.32. The van der Waals surface area contributed by atoms with E-state index < -0.39 is 0 Å². The molecule has 2 heterocycles. The average molecular weight is 262 g/mol. The number of nitrogen functional groups attached to an aromatic ring is 1. The van der Waals surface area contributed by atoms with Crippen molar-refractivity contribution in [1.29, 1.82) is 0 Å². The summed E-state index contributed by atoms with van der Waals surface area (Å²) in [6.07, 6.45) is 2.16. The number of carbonyl (C=O) groups is 1. The van der Waals surface area contributed by atoms with Crippen molar-refractivity contribution in [1.82, 2.24) is 9.88 Å². The SMILES string of the molecule is CC(C)c1cc(C(=O)N2CCCC2C)cc(NN)n1. The van der Waals surface area contributed by atoms with Crippen LogP contribution >= 0.6 is 0 Å². The van der Waals surface area contributed by atoms with Gasteiger partial charge in [-0.1, -0.05) is 13.8 Å². The average Bonchev–Trinajstić information content (AvgIpc) is 2.83. The van der Waals surface area contributed by atoms with Crippen molar-refractivity contribution in [3.8, 4) is 0 Å². The number of anilines is 1. The van der Waals surface area contributed by atoms with E-state index in [4.69, 9.17) is 5.84 Å². The summed E-state index contributed by atoms with van der Waals surface area (Å²) < 4.78 is 0.